The van der Waals surface area contributed by atoms with Crippen LogP contribution in [0.15, 0.2) is 4.99 Å². The molecule has 1 atom stereocenters. The average molecular weight is 254 g/mol. The second-order valence-electron chi connectivity index (χ2n) is 5.07. The maximum absolute atomic E-state index is 11.5. The smallest absolute Gasteiger partial charge is 0.277 e. The van der Waals surface area contributed by atoms with Crippen LogP contribution in [0.2, 0.25) is 0 Å². The fourth-order valence-corrected chi connectivity index (χ4v) is 2.78. The standard InChI is InChI=1S/C13H22N2O3/c1-18-8-7-12-14-13(17)11(16)9-15(12)10-5-3-2-4-6-10/h10-11,16H,2-9H2,1H3. The molecule has 0 bridgehead atoms. The van der Waals surface area contributed by atoms with Gasteiger partial charge in [0.2, 0.25) is 0 Å². The van der Waals surface area contributed by atoms with Crippen LogP contribution in [0.25, 0.3) is 0 Å². The van der Waals surface area contributed by atoms with E-state index in [-0.39, 0.29) is 0 Å². The van der Waals surface area contributed by atoms with Gasteiger partial charge in [0.1, 0.15) is 5.84 Å². The Hall–Kier alpha value is -0.940. The van der Waals surface area contributed by atoms with E-state index in [0.29, 0.717) is 25.6 Å². The summed E-state index contributed by atoms with van der Waals surface area (Å²) in [4.78, 5) is 17.7. The molecule has 0 radical (unpaired) electrons. The van der Waals surface area contributed by atoms with Crippen LogP contribution in [0.4, 0.5) is 0 Å². The Morgan fingerprint density at radius 1 is 1.39 bits per heavy atom. The lowest BCUT2D eigenvalue weighted by atomic mass is 9.93. The summed E-state index contributed by atoms with van der Waals surface area (Å²) in [5.74, 6) is 0.382. The number of nitrogens with zero attached hydrogens (tertiary/aromatic N) is 2. The van der Waals surface area contributed by atoms with E-state index in [2.05, 4.69) is 9.89 Å². The predicted molar refractivity (Wildman–Crippen MR) is 68.5 cm³/mol. The Morgan fingerprint density at radius 3 is 2.78 bits per heavy atom. The molecule has 0 aromatic rings. The number of carbonyl (C=O) groups is 1. The van der Waals surface area contributed by atoms with Gasteiger partial charge >= 0.3 is 0 Å². The average Bonchev–Trinajstić information content (AvgIpc) is 2.40. The third-order valence-corrected chi connectivity index (χ3v) is 3.77. The molecule has 18 heavy (non-hydrogen) atoms. The highest BCUT2D eigenvalue weighted by atomic mass is 16.5. The summed E-state index contributed by atoms with van der Waals surface area (Å²) in [6.07, 6.45) is 5.69. The van der Waals surface area contributed by atoms with E-state index in [4.69, 9.17) is 4.74 Å². The van der Waals surface area contributed by atoms with E-state index in [1.165, 1.54) is 19.3 Å². The predicted octanol–water partition coefficient (Wildman–Crippen LogP) is 0.957. The van der Waals surface area contributed by atoms with E-state index in [1.54, 1.807) is 7.11 Å². The van der Waals surface area contributed by atoms with Gasteiger partial charge in [-0.05, 0) is 12.8 Å². The highest BCUT2D eigenvalue weighted by molar-refractivity contribution is 5.99. The van der Waals surface area contributed by atoms with Crippen LogP contribution in [0, 0.1) is 0 Å². The molecule has 0 spiro atoms. The minimum atomic E-state index is -0.960. The van der Waals surface area contributed by atoms with Crippen molar-refractivity contribution < 1.29 is 14.6 Å². The number of hydrogen-bond acceptors (Lipinski definition) is 4. The zero-order valence-corrected chi connectivity index (χ0v) is 11.0. The fourth-order valence-electron chi connectivity index (χ4n) is 2.78. The lowest BCUT2D eigenvalue weighted by Gasteiger charge is -2.39. The molecule has 1 fully saturated rings. The summed E-state index contributed by atoms with van der Waals surface area (Å²) >= 11 is 0. The van der Waals surface area contributed by atoms with Crippen molar-refractivity contribution in [2.75, 3.05) is 20.3 Å². The molecule has 2 aliphatic rings. The van der Waals surface area contributed by atoms with Crippen molar-refractivity contribution in [3.8, 4) is 0 Å². The van der Waals surface area contributed by atoms with Gasteiger partial charge < -0.3 is 14.7 Å². The molecule has 1 amide bonds. The van der Waals surface area contributed by atoms with E-state index < -0.39 is 12.0 Å². The third-order valence-electron chi connectivity index (χ3n) is 3.77. The molecule has 102 valence electrons. The SMILES string of the molecule is COCCC1=NC(=O)C(O)CN1C1CCCCC1. The summed E-state index contributed by atoms with van der Waals surface area (Å²) < 4.78 is 5.06. The Morgan fingerprint density at radius 2 is 2.11 bits per heavy atom. The molecule has 5 nitrogen and oxygen atoms in total. The first-order chi connectivity index (χ1) is 8.72. The molecule has 1 saturated carbocycles. The summed E-state index contributed by atoms with van der Waals surface area (Å²) in [7, 11) is 1.64. The third kappa shape index (κ3) is 3.09. The van der Waals surface area contributed by atoms with Crippen LogP contribution in [0.5, 0.6) is 0 Å². The van der Waals surface area contributed by atoms with Gasteiger partial charge in [-0.25, -0.2) is 0 Å². The van der Waals surface area contributed by atoms with E-state index >= 15 is 0 Å². The number of amidine groups is 1. The minimum absolute atomic E-state index is 0.395. The van der Waals surface area contributed by atoms with Crippen molar-refractivity contribution in [1.29, 1.82) is 0 Å². The van der Waals surface area contributed by atoms with Crippen molar-refractivity contribution >= 4 is 11.7 Å². The number of rotatable bonds is 4. The summed E-state index contributed by atoms with van der Waals surface area (Å²) in [5, 5.41) is 9.69. The fraction of sp³-hybridized carbons (Fsp3) is 0.846. The highest BCUT2D eigenvalue weighted by Gasteiger charge is 2.32. The number of methoxy groups -OCH3 is 1. The first-order valence-electron chi connectivity index (χ1n) is 6.77. The van der Waals surface area contributed by atoms with Crippen molar-refractivity contribution in [1.82, 2.24) is 4.90 Å². The number of hydrogen-bond donors (Lipinski definition) is 1. The first-order valence-corrected chi connectivity index (χ1v) is 6.77. The van der Waals surface area contributed by atoms with Gasteiger partial charge in [0, 0.05) is 19.6 Å². The topological polar surface area (TPSA) is 62.1 Å². The molecule has 1 N–H and O–H groups in total. The Bertz CT molecular complexity index is 324. The Balaban J connectivity index is 2.08. The second-order valence-corrected chi connectivity index (χ2v) is 5.07. The molecule has 5 heteroatoms. The molecular weight excluding hydrogens is 232 g/mol. The maximum atomic E-state index is 11.5. The molecule has 0 saturated heterocycles. The zero-order chi connectivity index (χ0) is 13.0. The quantitative estimate of drug-likeness (QED) is 0.811. The van der Waals surface area contributed by atoms with Crippen LogP contribution in [-0.4, -0.2) is 54.2 Å². The number of β-amino-alcohol motifs (C(OH)–C–C–N with tert-alkyl or cyclic N) is 1. The number of aliphatic imine (C=N–C) groups is 1. The monoisotopic (exact) mass is 254 g/mol. The molecule has 1 aliphatic carbocycles. The molecule has 0 aromatic carbocycles. The number of carbonyl (C=O) groups excluding carboxylic acids is 1. The lowest BCUT2D eigenvalue weighted by Crippen LogP contribution is -2.51. The summed E-state index contributed by atoms with van der Waals surface area (Å²) in [6.45, 7) is 0.956. The van der Waals surface area contributed by atoms with Crippen molar-refractivity contribution in [2.24, 2.45) is 4.99 Å². The largest absolute Gasteiger partial charge is 0.384 e. The van der Waals surface area contributed by atoms with Gasteiger partial charge in [0.05, 0.1) is 13.2 Å². The van der Waals surface area contributed by atoms with Crippen LogP contribution in [0.1, 0.15) is 38.5 Å². The van der Waals surface area contributed by atoms with E-state index in [1.807, 2.05) is 0 Å². The van der Waals surface area contributed by atoms with Crippen molar-refractivity contribution in [3.05, 3.63) is 0 Å². The molecular formula is C13H22N2O3. The molecule has 2 rings (SSSR count). The van der Waals surface area contributed by atoms with Gasteiger partial charge in [-0.15, -0.1) is 0 Å². The zero-order valence-electron chi connectivity index (χ0n) is 11.0. The minimum Gasteiger partial charge on any atom is -0.384 e. The van der Waals surface area contributed by atoms with Crippen LogP contribution >= 0.6 is 0 Å². The summed E-state index contributed by atoms with van der Waals surface area (Å²) in [5.41, 5.74) is 0. The van der Waals surface area contributed by atoms with E-state index in [0.717, 1.165) is 18.7 Å². The van der Waals surface area contributed by atoms with Gasteiger partial charge in [0.25, 0.3) is 5.91 Å². The normalized spacial score (nSPS) is 26.3. The van der Waals surface area contributed by atoms with Gasteiger partial charge in [0.15, 0.2) is 6.10 Å². The Kier molecular flexibility index (Phi) is 4.72. The van der Waals surface area contributed by atoms with Crippen LogP contribution in [0.3, 0.4) is 0 Å². The van der Waals surface area contributed by atoms with Gasteiger partial charge in [-0.2, -0.15) is 4.99 Å². The Labute approximate surface area is 108 Å². The van der Waals surface area contributed by atoms with E-state index in [9.17, 15) is 9.90 Å². The number of aliphatic hydroxyl groups is 1. The number of aliphatic hydroxyl groups excluding tert-OH is 1. The lowest BCUT2D eigenvalue weighted by molar-refractivity contribution is -0.127. The van der Waals surface area contributed by atoms with Crippen LogP contribution < -0.4 is 0 Å². The molecule has 1 unspecified atom stereocenters. The first kappa shape index (κ1) is 13.5. The number of amides is 1. The maximum Gasteiger partial charge on any atom is 0.277 e. The number of ether oxygens (including phenoxy) is 1. The molecule has 0 aromatic heterocycles. The molecule has 1 aliphatic heterocycles. The van der Waals surface area contributed by atoms with Gasteiger partial charge in [-0.1, -0.05) is 19.3 Å². The highest BCUT2D eigenvalue weighted by Crippen LogP contribution is 2.25. The van der Waals surface area contributed by atoms with Crippen molar-refractivity contribution in [2.45, 2.75) is 50.7 Å². The molecule has 1 heterocycles. The second kappa shape index (κ2) is 6.29. The van der Waals surface area contributed by atoms with Gasteiger partial charge in [-0.3, -0.25) is 4.79 Å². The van der Waals surface area contributed by atoms with Crippen LogP contribution in [-0.2, 0) is 9.53 Å². The van der Waals surface area contributed by atoms with Crippen molar-refractivity contribution in [3.63, 3.8) is 0 Å². The summed E-state index contributed by atoms with van der Waals surface area (Å²) in [6, 6.07) is 0.428.